The molecule has 0 unspecified atom stereocenters. The number of carbonyl (C=O) groups excluding carboxylic acids is 1. The van der Waals surface area contributed by atoms with E-state index in [2.05, 4.69) is 25.6 Å². The van der Waals surface area contributed by atoms with Gasteiger partial charge in [0.15, 0.2) is 5.82 Å². The summed E-state index contributed by atoms with van der Waals surface area (Å²) in [4.78, 5) is 17.4. The largest absolute Gasteiger partial charge is 0.494 e. The van der Waals surface area contributed by atoms with Gasteiger partial charge in [0, 0.05) is 11.1 Å². The monoisotopic (exact) mass is 429 g/mol. The molecule has 0 atom stereocenters. The van der Waals surface area contributed by atoms with Crippen molar-refractivity contribution in [3.05, 3.63) is 65.5 Å². The summed E-state index contributed by atoms with van der Waals surface area (Å²) >= 11 is 0. The first-order chi connectivity index (χ1) is 15.6. The molecule has 1 N–H and O–H groups in total. The molecule has 8 heteroatoms. The summed E-state index contributed by atoms with van der Waals surface area (Å²) in [5.41, 5.74) is 5.92. The minimum Gasteiger partial charge on any atom is -0.494 e. The van der Waals surface area contributed by atoms with Crippen LogP contribution in [0.3, 0.4) is 0 Å². The Bertz CT molecular complexity index is 1250. The van der Waals surface area contributed by atoms with Crippen LogP contribution in [0.2, 0.25) is 0 Å². The Morgan fingerprint density at radius 1 is 1.03 bits per heavy atom. The number of pyridine rings is 1. The maximum atomic E-state index is 12.8. The number of tetrazole rings is 1. The van der Waals surface area contributed by atoms with Crippen LogP contribution in [0.1, 0.15) is 28.7 Å². The van der Waals surface area contributed by atoms with Crippen molar-refractivity contribution < 1.29 is 14.3 Å². The molecule has 2 aromatic heterocycles. The van der Waals surface area contributed by atoms with E-state index in [9.17, 15) is 4.79 Å². The van der Waals surface area contributed by atoms with Crippen LogP contribution < -0.4 is 4.74 Å². The number of H-pyrrole nitrogens is 1. The molecule has 8 nitrogen and oxygen atoms in total. The number of aryl methyl sites for hydroxylation is 2. The minimum atomic E-state index is -0.460. The highest BCUT2D eigenvalue weighted by Crippen LogP contribution is 2.41. The van der Waals surface area contributed by atoms with Gasteiger partial charge in [0.2, 0.25) is 0 Å². The third-order valence-electron chi connectivity index (χ3n) is 5.32. The average molecular weight is 429 g/mol. The van der Waals surface area contributed by atoms with Gasteiger partial charge in [-0.1, -0.05) is 49.4 Å². The zero-order chi connectivity index (χ0) is 22.7. The number of carbonyl (C=O) groups is 1. The van der Waals surface area contributed by atoms with E-state index in [1.165, 1.54) is 7.11 Å². The van der Waals surface area contributed by atoms with Crippen molar-refractivity contribution in [2.75, 3.05) is 14.2 Å². The van der Waals surface area contributed by atoms with Gasteiger partial charge in [-0.2, -0.15) is 0 Å². The van der Waals surface area contributed by atoms with E-state index < -0.39 is 5.97 Å². The summed E-state index contributed by atoms with van der Waals surface area (Å²) in [7, 11) is 2.93. The van der Waals surface area contributed by atoms with Gasteiger partial charge < -0.3 is 9.47 Å². The molecule has 0 fully saturated rings. The summed E-state index contributed by atoms with van der Waals surface area (Å²) in [6, 6.07) is 15.9. The zero-order valence-electron chi connectivity index (χ0n) is 18.3. The van der Waals surface area contributed by atoms with Crippen LogP contribution >= 0.6 is 0 Å². The fourth-order valence-electron chi connectivity index (χ4n) is 3.89. The molecule has 0 amide bonds. The van der Waals surface area contributed by atoms with Crippen molar-refractivity contribution in [1.29, 1.82) is 0 Å². The third kappa shape index (κ3) is 3.71. The van der Waals surface area contributed by atoms with Gasteiger partial charge in [0.25, 0.3) is 0 Å². The fourth-order valence-corrected chi connectivity index (χ4v) is 3.89. The number of hydrogen-bond acceptors (Lipinski definition) is 7. The highest BCUT2D eigenvalue weighted by molar-refractivity contribution is 6.01. The molecule has 0 aliphatic carbocycles. The summed E-state index contributed by atoms with van der Waals surface area (Å²) < 4.78 is 10.8. The lowest BCUT2D eigenvalue weighted by atomic mass is 9.91. The molecule has 162 valence electrons. The average Bonchev–Trinajstić information content (AvgIpc) is 3.38. The predicted molar refractivity (Wildman–Crippen MR) is 120 cm³/mol. The molecule has 0 aliphatic heterocycles. The first-order valence-electron chi connectivity index (χ1n) is 10.2. The van der Waals surface area contributed by atoms with Crippen LogP contribution in [-0.4, -0.2) is 45.8 Å². The van der Waals surface area contributed by atoms with E-state index in [4.69, 9.17) is 9.47 Å². The minimum absolute atomic E-state index is 0.395. The molecular formula is C24H23N5O3. The number of esters is 1. The van der Waals surface area contributed by atoms with Crippen molar-refractivity contribution in [2.45, 2.75) is 20.3 Å². The number of benzene rings is 2. The Morgan fingerprint density at radius 2 is 1.81 bits per heavy atom. The molecule has 0 spiro atoms. The molecular weight excluding hydrogens is 406 g/mol. The zero-order valence-corrected chi connectivity index (χ0v) is 18.3. The van der Waals surface area contributed by atoms with E-state index in [-0.39, 0.29) is 0 Å². The first kappa shape index (κ1) is 21.2. The quantitative estimate of drug-likeness (QED) is 0.457. The van der Waals surface area contributed by atoms with E-state index >= 15 is 0 Å². The van der Waals surface area contributed by atoms with E-state index in [0.717, 1.165) is 22.3 Å². The van der Waals surface area contributed by atoms with Crippen LogP contribution in [0.4, 0.5) is 0 Å². The third-order valence-corrected chi connectivity index (χ3v) is 5.32. The van der Waals surface area contributed by atoms with Crippen molar-refractivity contribution in [2.24, 2.45) is 0 Å². The molecule has 0 bridgehead atoms. The Morgan fingerprint density at radius 3 is 2.44 bits per heavy atom. The maximum Gasteiger partial charge on any atom is 0.340 e. The molecule has 32 heavy (non-hydrogen) atoms. The van der Waals surface area contributed by atoms with Crippen LogP contribution in [0.15, 0.2) is 48.5 Å². The summed E-state index contributed by atoms with van der Waals surface area (Å²) in [6.07, 6.45) is 0.573. The number of nitrogens with one attached hydrogen (secondary N) is 1. The maximum absolute atomic E-state index is 12.8. The van der Waals surface area contributed by atoms with Crippen LogP contribution in [0.5, 0.6) is 5.75 Å². The highest BCUT2D eigenvalue weighted by Gasteiger charge is 2.26. The second-order valence-corrected chi connectivity index (χ2v) is 7.15. The normalized spacial score (nSPS) is 10.8. The van der Waals surface area contributed by atoms with Gasteiger partial charge >= 0.3 is 5.97 Å². The number of ether oxygens (including phenoxy) is 2. The van der Waals surface area contributed by atoms with Crippen molar-refractivity contribution >= 4 is 5.97 Å². The fraction of sp³-hybridized carbons (Fsp3) is 0.208. The SMILES string of the molecule is CCc1nc(C)c(OC)c(-c2ccc(-c3ccccc3)c(-c3nnn[nH]3)c2)c1C(=O)OC. The molecule has 0 saturated carbocycles. The lowest BCUT2D eigenvalue weighted by Crippen LogP contribution is -2.12. The van der Waals surface area contributed by atoms with Crippen molar-refractivity contribution in [1.82, 2.24) is 25.6 Å². The van der Waals surface area contributed by atoms with Crippen LogP contribution in [-0.2, 0) is 11.2 Å². The molecule has 2 heterocycles. The molecule has 0 aliphatic rings. The predicted octanol–water partition coefficient (Wildman–Crippen LogP) is 4.26. The number of nitrogens with zero attached hydrogens (tertiary/aromatic N) is 4. The van der Waals surface area contributed by atoms with E-state index in [1.54, 1.807) is 7.11 Å². The van der Waals surface area contributed by atoms with Gasteiger partial charge in [0.1, 0.15) is 5.75 Å². The van der Waals surface area contributed by atoms with Crippen molar-refractivity contribution in [3.63, 3.8) is 0 Å². The Kier molecular flexibility index (Phi) is 5.93. The summed E-state index contributed by atoms with van der Waals surface area (Å²) in [6.45, 7) is 3.82. The Labute approximate surface area is 185 Å². The number of aromatic amines is 1. The number of aromatic nitrogens is 5. The standard InChI is InChI=1S/C24H23N5O3/c1-5-19-21(24(30)32-4)20(22(31-3)14(2)25-19)16-11-12-17(15-9-7-6-8-10-15)18(13-16)23-26-28-29-27-23/h6-13H,5H2,1-4H3,(H,26,27,28,29). The van der Waals surface area contributed by atoms with Crippen molar-refractivity contribution in [3.8, 4) is 39.4 Å². The van der Waals surface area contributed by atoms with Gasteiger partial charge in [-0.15, -0.1) is 5.10 Å². The number of rotatable bonds is 6. The van der Waals surface area contributed by atoms with E-state index in [1.807, 2.05) is 62.4 Å². The smallest absolute Gasteiger partial charge is 0.340 e. The summed E-state index contributed by atoms with van der Waals surface area (Å²) in [5.74, 6) is 0.583. The second kappa shape index (κ2) is 8.97. The molecule has 2 aromatic carbocycles. The summed E-state index contributed by atoms with van der Waals surface area (Å²) in [5, 5.41) is 14.4. The van der Waals surface area contributed by atoms with Gasteiger partial charge in [-0.25, -0.2) is 9.89 Å². The second-order valence-electron chi connectivity index (χ2n) is 7.15. The number of hydrogen-bond donors (Lipinski definition) is 1. The molecule has 4 rings (SSSR count). The Hall–Kier alpha value is -4.07. The Balaban J connectivity index is 2.04. The molecule has 0 saturated heterocycles. The lowest BCUT2D eigenvalue weighted by Gasteiger charge is -2.19. The number of methoxy groups -OCH3 is 2. The van der Waals surface area contributed by atoms with Gasteiger partial charge in [0.05, 0.1) is 31.2 Å². The molecule has 4 aromatic rings. The van der Waals surface area contributed by atoms with E-state index in [0.29, 0.717) is 40.5 Å². The lowest BCUT2D eigenvalue weighted by molar-refractivity contribution is 0.0599. The van der Waals surface area contributed by atoms with Crippen LogP contribution in [0.25, 0.3) is 33.6 Å². The van der Waals surface area contributed by atoms with Gasteiger partial charge in [-0.3, -0.25) is 4.98 Å². The highest BCUT2D eigenvalue weighted by atomic mass is 16.5. The first-order valence-corrected chi connectivity index (χ1v) is 10.2. The molecule has 0 radical (unpaired) electrons. The topological polar surface area (TPSA) is 103 Å². The van der Waals surface area contributed by atoms with Gasteiger partial charge in [-0.05, 0) is 46.5 Å². The van der Waals surface area contributed by atoms with Crippen LogP contribution in [0, 0.1) is 6.92 Å².